The summed E-state index contributed by atoms with van der Waals surface area (Å²) in [5, 5.41) is 10.9. The Kier molecular flexibility index (Phi) is 4.95. The van der Waals surface area contributed by atoms with Crippen molar-refractivity contribution < 1.29 is 14.6 Å². The number of rotatable bonds is 4. The molecule has 2 aliphatic rings. The summed E-state index contributed by atoms with van der Waals surface area (Å²) >= 11 is 0. The lowest BCUT2D eigenvalue weighted by atomic mass is 9.77. The molecule has 0 unspecified atom stereocenters. The van der Waals surface area contributed by atoms with E-state index in [9.17, 15) is 9.90 Å². The summed E-state index contributed by atoms with van der Waals surface area (Å²) in [6.45, 7) is 1.49. The first-order chi connectivity index (χ1) is 14.6. The summed E-state index contributed by atoms with van der Waals surface area (Å²) in [5.74, 6) is 1.65. The van der Waals surface area contributed by atoms with Gasteiger partial charge in [-0.1, -0.05) is 30.3 Å². The van der Waals surface area contributed by atoms with E-state index in [-0.39, 0.29) is 11.9 Å². The Balaban J connectivity index is 1.30. The van der Waals surface area contributed by atoms with Crippen molar-refractivity contribution in [3.8, 4) is 5.75 Å². The molecule has 0 radical (unpaired) electrons. The Hall–Kier alpha value is -2.86. The molecule has 5 rings (SSSR count). The largest absolute Gasteiger partial charge is 0.496 e. The van der Waals surface area contributed by atoms with Crippen molar-refractivity contribution in [2.45, 2.75) is 31.4 Å². The van der Waals surface area contributed by atoms with Crippen molar-refractivity contribution in [3.05, 3.63) is 60.4 Å². The molecule has 6 heteroatoms. The van der Waals surface area contributed by atoms with Gasteiger partial charge in [-0.25, -0.2) is 4.98 Å². The number of benzene rings is 2. The highest BCUT2D eigenvalue weighted by Crippen LogP contribution is 2.42. The number of aliphatic hydroxyl groups excluding tert-OH is 1. The Bertz CT molecular complexity index is 1060. The second-order valence-corrected chi connectivity index (χ2v) is 8.55. The predicted molar refractivity (Wildman–Crippen MR) is 114 cm³/mol. The van der Waals surface area contributed by atoms with Gasteiger partial charge in [0.05, 0.1) is 43.0 Å². The number of aromatic nitrogens is 2. The maximum atomic E-state index is 13.0. The fourth-order valence-electron chi connectivity index (χ4n) is 5.28. The van der Waals surface area contributed by atoms with Crippen LogP contribution in [0.25, 0.3) is 11.0 Å². The summed E-state index contributed by atoms with van der Waals surface area (Å²) < 4.78 is 7.52. The SMILES string of the molecule is COc1ccccc1CC(=O)N1C[C@H]2C[C@@H](n3cnc4ccccc43)[C@H](O)C[C@H]2C1. The molecular formula is C24H27N3O3. The van der Waals surface area contributed by atoms with E-state index in [1.54, 1.807) is 7.11 Å². The molecule has 1 aliphatic carbocycles. The molecule has 1 saturated carbocycles. The molecule has 2 fully saturated rings. The molecule has 1 aromatic heterocycles. The maximum Gasteiger partial charge on any atom is 0.227 e. The second-order valence-electron chi connectivity index (χ2n) is 8.55. The molecule has 156 valence electrons. The lowest BCUT2D eigenvalue weighted by Crippen LogP contribution is -2.36. The van der Waals surface area contributed by atoms with Crippen LogP contribution < -0.4 is 4.74 Å². The summed E-state index contributed by atoms with van der Waals surface area (Å²) in [7, 11) is 1.63. The molecule has 2 heterocycles. The van der Waals surface area contributed by atoms with Crippen molar-refractivity contribution in [3.63, 3.8) is 0 Å². The van der Waals surface area contributed by atoms with Gasteiger partial charge in [0.25, 0.3) is 0 Å². The van der Waals surface area contributed by atoms with Gasteiger partial charge in [-0.15, -0.1) is 0 Å². The molecule has 2 aromatic carbocycles. The van der Waals surface area contributed by atoms with Crippen LogP contribution in [0.3, 0.4) is 0 Å². The van der Waals surface area contributed by atoms with Crippen LogP contribution >= 0.6 is 0 Å². The van der Waals surface area contributed by atoms with Crippen LogP contribution in [0, 0.1) is 11.8 Å². The van der Waals surface area contributed by atoms with Crippen molar-refractivity contribution in [1.82, 2.24) is 14.5 Å². The Morgan fingerprint density at radius 1 is 1.10 bits per heavy atom. The number of amides is 1. The topological polar surface area (TPSA) is 67.6 Å². The van der Waals surface area contributed by atoms with Gasteiger partial charge < -0.3 is 19.3 Å². The number of hydrogen-bond acceptors (Lipinski definition) is 4. The van der Waals surface area contributed by atoms with Crippen LogP contribution in [0.2, 0.25) is 0 Å². The van der Waals surface area contributed by atoms with Crippen LogP contribution in [-0.4, -0.2) is 51.8 Å². The molecule has 0 spiro atoms. The Morgan fingerprint density at radius 2 is 1.83 bits per heavy atom. The Labute approximate surface area is 176 Å². The van der Waals surface area contributed by atoms with Gasteiger partial charge >= 0.3 is 0 Å². The van der Waals surface area contributed by atoms with E-state index in [4.69, 9.17) is 4.74 Å². The van der Waals surface area contributed by atoms with Crippen LogP contribution in [0.1, 0.15) is 24.4 Å². The number of hydrogen-bond donors (Lipinski definition) is 1. The number of likely N-dealkylation sites (tertiary alicyclic amines) is 1. The van der Waals surface area contributed by atoms with E-state index in [2.05, 4.69) is 15.6 Å². The van der Waals surface area contributed by atoms with Gasteiger partial charge in [-0.05, 0) is 42.9 Å². The number of carbonyl (C=O) groups excluding carboxylic acids is 1. The van der Waals surface area contributed by atoms with Gasteiger partial charge in [-0.3, -0.25) is 4.79 Å². The first-order valence-corrected chi connectivity index (χ1v) is 10.6. The quantitative estimate of drug-likeness (QED) is 0.724. The second kappa shape index (κ2) is 7.76. The van der Waals surface area contributed by atoms with Crippen molar-refractivity contribution in [2.75, 3.05) is 20.2 Å². The highest BCUT2D eigenvalue weighted by Gasteiger charge is 2.43. The average Bonchev–Trinajstić information content (AvgIpc) is 3.37. The van der Waals surface area contributed by atoms with Gasteiger partial charge in [0.2, 0.25) is 5.91 Å². The van der Waals surface area contributed by atoms with Crippen molar-refractivity contribution >= 4 is 16.9 Å². The van der Waals surface area contributed by atoms with E-state index in [1.165, 1.54) is 0 Å². The summed E-state index contributed by atoms with van der Waals surface area (Å²) in [6, 6.07) is 15.7. The van der Waals surface area contributed by atoms with Crippen molar-refractivity contribution in [2.24, 2.45) is 11.8 Å². The maximum absolute atomic E-state index is 13.0. The molecule has 1 aliphatic heterocycles. The summed E-state index contributed by atoms with van der Waals surface area (Å²) in [5.41, 5.74) is 2.93. The standard InChI is InChI=1S/C24H27N3O3/c1-30-23-9-5-2-6-16(23)12-24(29)26-13-17-10-21(22(28)11-18(17)14-26)27-15-25-19-7-3-4-8-20(19)27/h2-9,15,17-18,21-22,28H,10-14H2,1H3/t17-,18+,21-,22-/m1/s1. The molecule has 1 N–H and O–H groups in total. The number of carbonyl (C=O) groups is 1. The third kappa shape index (κ3) is 3.35. The number of imidazole rings is 1. The first kappa shape index (κ1) is 19.1. The van der Waals surface area contributed by atoms with Crippen LogP contribution in [0.5, 0.6) is 5.75 Å². The lowest BCUT2D eigenvalue weighted by Gasteiger charge is -2.36. The number of fused-ring (bicyclic) bond motifs is 2. The normalized spacial score (nSPS) is 26.0. The van der Waals surface area contributed by atoms with E-state index in [0.29, 0.717) is 18.3 Å². The first-order valence-electron chi connectivity index (χ1n) is 10.6. The minimum absolute atomic E-state index is 0.00270. The molecule has 6 nitrogen and oxygen atoms in total. The zero-order valence-electron chi connectivity index (χ0n) is 17.1. The third-order valence-electron chi connectivity index (χ3n) is 6.83. The van der Waals surface area contributed by atoms with Crippen LogP contribution in [0.15, 0.2) is 54.9 Å². The minimum atomic E-state index is -0.423. The van der Waals surface area contributed by atoms with Crippen LogP contribution in [0.4, 0.5) is 0 Å². The highest BCUT2D eigenvalue weighted by atomic mass is 16.5. The van der Waals surface area contributed by atoms with Gasteiger partial charge in [0.15, 0.2) is 0 Å². The van der Waals surface area contributed by atoms with Gasteiger partial charge in [-0.2, -0.15) is 0 Å². The molecule has 3 aromatic rings. The fraction of sp³-hybridized carbons (Fsp3) is 0.417. The number of ether oxygens (including phenoxy) is 1. The van der Waals surface area contributed by atoms with Crippen LogP contribution in [-0.2, 0) is 11.2 Å². The zero-order valence-corrected chi connectivity index (χ0v) is 17.1. The monoisotopic (exact) mass is 405 g/mol. The third-order valence-corrected chi connectivity index (χ3v) is 6.83. The Morgan fingerprint density at radius 3 is 2.67 bits per heavy atom. The highest BCUT2D eigenvalue weighted by molar-refractivity contribution is 5.80. The number of para-hydroxylation sites is 3. The van der Waals surface area contributed by atoms with E-state index in [1.807, 2.05) is 53.7 Å². The van der Waals surface area contributed by atoms with E-state index < -0.39 is 6.10 Å². The molecule has 0 bridgehead atoms. The summed E-state index contributed by atoms with van der Waals surface area (Å²) in [4.78, 5) is 19.5. The van der Waals surface area contributed by atoms with E-state index >= 15 is 0 Å². The molecule has 4 atom stereocenters. The summed E-state index contributed by atoms with van der Waals surface area (Å²) in [6.07, 6.45) is 3.36. The molecule has 1 saturated heterocycles. The van der Waals surface area contributed by atoms with Gasteiger partial charge in [0, 0.05) is 18.7 Å². The fourth-order valence-corrected chi connectivity index (χ4v) is 5.28. The van der Waals surface area contributed by atoms with Gasteiger partial charge in [0.1, 0.15) is 5.75 Å². The predicted octanol–water partition coefficient (Wildman–Crippen LogP) is 3.06. The smallest absolute Gasteiger partial charge is 0.227 e. The van der Waals surface area contributed by atoms with Crippen molar-refractivity contribution in [1.29, 1.82) is 0 Å². The average molecular weight is 405 g/mol. The number of nitrogens with zero attached hydrogens (tertiary/aromatic N) is 3. The van der Waals surface area contributed by atoms with E-state index in [0.717, 1.165) is 48.3 Å². The number of methoxy groups -OCH3 is 1. The zero-order chi connectivity index (χ0) is 20.7. The lowest BCUT2D eigenvalue weighted by molar-refractivity contribution is -0.129. The molecule has 30 heavy (non-hydrogen) atoms. The molecule has 1 amide bonds. The minimum Gasteiger partial charge on any atom is -0.496 e. The number of aliphatic hydroxyl groups is 1. The molecular weight excluding hydrogens is 378 g/mol.